The number of hydrogen-bond donors (Lipinski definition) is 0. The molecular formula is C11H17BrN4. The number of nitrogens with zero attached hydrogens (tertiary/aromatic N) is 4. The van der Waals surface area contributed by atoms with E-state index in [9.17, 15) is 0 Å². The first-order chi connectivity index (χ1) is 7.58. The fraction of sp³-hybridized carbons (Fsp3) is 0.636. The van der Waals surface area contributed by atoms with Crippen molar-refractivity contribution in [2.45, 2.75) is 25.9 Å². The molecule has 1 aromatic rings. The summed E-state index contributed by atoms with van der Waals surface area (Å²) in [5, 5.41) is 0. The van der Waals surface area contributed by atoms with Crippen LogP contribution in [0.25, 0.3) is 0 Å². The van der Waals surface area contributed by atoms with Gasteiger partial charge in [0.2, 0.25) is 5.95 Å². The molecule has 0 amide bonds. The van der Waals surface area contributed by atoms with Crippen LogP contribution < -0.4 is 4.90 Å². The van der Waals surface area contributed by atoms with Crippen LogP contribution in [-0.4, -0.2) is 47.1 Å². The number of halogens is 1. The fourth-order valence-corrected chi connectivity index (χ4v) is 2.24. The quantitative estimate of drug-likeness (QED) is 0.787. The van der Waals surface area contributed by atoms with Crippen LogP contribution in [-0.2, 0) is 0 Å². The third-order valence-electron chi connectivity index (χ3n) is 3.25. The predicted molar refractivity (Wildman–Crippen MR) is 68.6 cm³/mol. The summed E-state index contributed by atoms with van der Waals surface area (Å²) in [5.74, 6) is 0.829. The van der Waals surface area contributed by atoms with Gasteiger partial charge >= 0.3 is 0 Å². The number of hydrogen-bond acceptors (Lipinski definition) is 4. The van der Waals surface area contributed by atoms with E-state index in [1.54, 1.807) is 12.4 Å². The molecule has 0 N–H and O–H groups in total. The average Bonchev–Trinajstić information content (AvgIpc) is 2.26. The number of rotatable bonds is 1. The normalized spacial score (nSPS) is 27.1. The molecule has 0 aromatic carbocycles. The van der Waals surface area contributed by atoms with E-state index in [-0.39, 0.29) is 0 Å². The van der Waals surface area contributed by atoms with Crippen molar-refractivity contribution in [1.82, 2.24) is 14.9 Å². The van der Waals surface area contributed by atoms with Crippen LogP contribution in [0.4, 0.5) is 5.95 Å². The second-order valence-electron chi connectivity index (χ2n) is 4.47. The molecule has 0 saturated carbocycles. The molecule has 1 aliphatic heterocycles. The maximum atomic E-state index is 4.35. The van der Waals surface area contributed by atoms with E-state index in [1.807, 2.05) is 0 Å². The van der Waals surface area contributed by atoms with Crippen molar-refractivity contribution in [1.29, 1.82) is 0 Å². The van der Waals surface area contributed by atoms with Crippen LogP contribution in [0, 0.1) is 0 Å². The van der Waals surface area contributed by atoms with E-state index in [2.05, 4.69) is 56.6 Å². The lowest BCUT2D eigenvalue weighted by Crippen LogP contribution is -2.55. The monoisotopic (exact) mass is 284 g/mol. The van der Waals surface area contributed by atoms with Crippen molar-refractivity contribution in [2.75, 3.05) is 25.0 Å². The van der Waals surface area contributed by atoms with E-state index >= 15 is 0 Å². The van der Waals surface area contributed by atoms with Gasteiger partial charge in [-0.3, -0.25) is 4.90 Å². The molecule has 5 heteroatoms. The molecule has 2 heterocycles. The van der Waals surface area contributed by atoms with Crippen molar-refractivity contribution in [3.8, 4) is 0 Å². The topological polar surface area (TPSA) is 32.3 Å². The third-order valence-corrected chi connectivity index (χ3v) is 3.66. The first kappa shape index (κ1) is 11.8. The summed E-state index contributed by atoms with van der Waals surface area (Å²) >= 11 is 3.35. The highest BCUT2D eigenvalue weighted by atomic mass is 79.9. The molecule has 16 heavy (non-hydrogen) atoms. The summed E-state index contributed by atoms with van der Waals surface area (Å²) in [6.45, 7) is 6.45. The van der Waals surface area contributed by atoms with Crippen molar-refractivity contribution in [2.24, 2.45) is 0 Å². The van der Waals surface area contributed by atoms with E-state index < -0.39 is 0 Å². The summed E-state index contributed by atoms with van der Waals surface area (Å²) in [4.78, 5) is 13.3. The maximum absolute atomic E-state index is 4.35. The van der Waals surface area contributed by atoms with Crippen molar-refractivity contribution in [3.05, 3.63) is 16.9 Å². The Hall–Kier alpha value is -0.680. The second kappa shape index (κ2) is 4.67. The highest BCUT2D eigenvalue weighted by Crippen LogP contribution is 2.18. The molecule has 2 unspecified atom stereocenters. The van der Waals surface area contributed by atoms with E-state index in [4.69, 9.17) is 0 Å². The summed E-state index contributed by atoms with van der Waals surface area (Å²) in [6, 6.07) is 1.08. The maximum Gasteiger partial charge on any atom is 0.225 e. The second-order valence-corrected chi connectivity index (χ2v) is 5.39. The van der Waals surface area contributed by atoms with Crippen LogP contribution in [0.15, 0.2) is 16.9 Å². The molecule has 88 valence electrons. The standard InChI is InChI=1S/C11H17BrN4/c1-8-6-16(7-9(2)15(8)3)11-13-4-10(12)5-14-11/h4-5,8-9H,6-7H2,1-3H3. The highest BCUT2D eigenvalue weighted by Gasteiger charge is 2.27. The van der Waals surface area contributed by atoms with Gasteiger partial charge in [0.1, 0.15) is 0 Å². The average molecular weight is 285 g/mol. The van der Waals surface area contributed by atoms with Crippen LogP contribution in [0.1, 0.15) is 13.8 Å². The van der Waals surface area contributed by atoms with Gasteiger partial charge in [-0.2, -0.15) is 0 Å². The Labute approximate surface area is 105 Å². The number of aromatic nitrogens is 2. The number of likely N-dealkylation sites (N-methyl/N-ethyl adjacent to an activating group) is 1. The lowest BCUT2D eigenvalue weighted by Gasteiger charge is -2.42. The summed E-state index contributed by atoms with van der Waals surface area (Å²) in [6.07, 6.45) is 3.60. The molecule has 1 saturated heterocycles. The van der Waals surface area contributed by atoms with E-state index in [0.717, 1.165) is 23.5 Å². The van der Waals surface area contributed by atoms with Gasteiger partial charge < -0.3 is 4.90 Å². The summed E-state index contributed by atoms with van der Waals surface area (Å²) in [5.41, 5.74) is 0. The Bertz CT molecular complexity index is 342. The zero-order chi connectivity index (χ0) is 11.7. The molecule has 0 bridgehead atoms. The molecule has 1 fully saturated rings. The Morgan fingerprint density at radius 3 is 2.19 bits per heavy atom. The third kappa shape index (κ3) is 2.35. The molecule has 1 aromatic heterocycles. The number of piperazine rings is 1. The van der Waals surface area contributed by atoms with Gasteiger partial charge in [0.15, 0.2) is 0 Å². The molecular weight excluding hydrogens is 268 g/mol. The van der Waals surface area contributed by atoms with Gasteiger partial charge in [0.25, 0.3) is 0 Å². The lowest BCUT2D eigenvalue weighted by molar-refractivity contribution is 0.169. The smallest absolute Gasteiger partial charge is 0.225 e. The largest absolute Gasteiger partial charge is 0.338 e. The Balaban J connectivity index is 2.13. The SMILES string of the molecule is CC1CN(c2ncc(Br)cn2)CC(C)N1C. The zero-order valence-corrected chi connectivity index (χ0v) is 11.5. The molecule has 0 radical (unpaired) electrons. The minimum Gasteiger partial charge on any atom is -0.338 e. The molecule has 2 atom stereocenters. The number of anilines is 1. The molecule has 1 aliphatic rings. The lowest BCUT2D eigenvalue weighted by atomic mass is 10.1. The van der Waals surface area contributed by atoms with Crippen LogP contribution in [0.2, 0.25) is 0 Å². The first-order valence-corrected chi connectivity index (χ1v) is 6.31. The fourth-order valence-electron chi connectivity index (χ4n) is 2.04. The van der Waals surface area contributed by atoms with Crippen molar-refractivity contribution >= 4 is 21.9 Å². The van der Waals surface area contributed by atoms with Gasteiger partial charge in [0, 0.05) is 37.6 Å². The molecule has 4 nitrogen and oxygen atoms in total. The van der Waals surface area contributed by atoms with E-state index in [1.165, 1.54) is 0 Å². The Morgan fingerprint density at radius 1 is 1.19 bits per heavy atom. The van der Waals surface area contributed by atoms with Gasteiger partial charge in [-0.15, -0.1) is 0 Å². The van der Waals surface area contributed by atoms with Crippen molar-refractivity contribution in [3.63, 3.8) is 0 Å². The zero-order valence-electron chi connectivity index (χ0n) is 9.89. The Morgan fingerprint density at radius 2 is 1.69 bits per heavy atom. The minimum atomic E-state index is 0.538. The first-order valence-electron chi connectivity index (χ1n) is 5.52. The van der Waals surface area contributed by atoms with E-state index in [0.29, 0.717) is 12.1 Å². The summed E-state index contributed by atoms with van der Waals surface area (Å²) in [7, 11) is 2.18. The van der Waals surface area contributed by atoms with Gasteiger partial charge in [0.05, 0.1) is 4.47 Å². The Kier molecular flexibility index (Phi) is 3.44. The van der Waals surface area contributed by atoms with Gasteiger partial charge in [-0.05, 0) is 36.8 Å². The molecule has 0 aliphatic carbocycles. The van der Waals surface area contributed by atoms with Crippen LogP contribution >= 0.6 is 15.9 Å². The van der Waals surface area contributed by atoms with Crippen LogP contribution in [0.3, 0.4) is 0 Å². The molecule has 2 rings (SSSR count). The van der Waals surface area contributed by atoms with Gasteiger partial charge in [-0.25, -0.2) is 9.97 Å². The summed E-state index contributed by atoms with van der Waals surface area (Å²) < 4.78 is 0.923. The van der Waals surface area contributed by atoms with Gasteiger partial charge in [-0.1, -0.05) is 0 Å². The predicted octanol–water partition coefficient (Wildman–Crippen LogP) is 1.77. The molecule has 0 spiro atoms. The highest BCUT2D eigenvalue weighted by molar-refractivity contribution is 9.10. The van der Waals surface area contributed by atoms with Crippen molar-refractivity contribution < 1.29 is 0 Å². The van der Waals surface area contributed by atoms with Crippen LogP contribution in [0.5, 0.6) is 0 Å². The minimum absolute atomic E-state index is 0.538.